The maximum absolute atomic E-state index is 5.88. The first-order chi connectivity index (χ1) is 8.59. The van der Waals surface area contributed by atoms with Gasteiger partial charge in [0.15, 0.2) is 0 Å². The summed E-state index contributed by atoms with van der Waals surface area (Å²) in [4.78, 5) is 0. The van der Waals surface area contributed by atoms with E-state index in [1.54, 1.807) is 0 Å². The van der Waals surface area contributed by atoms with Crippen LogP contribution in [0.5, 0.6) is 0 Å². The molecule has 3 heteroatoms. The minimum Gasteiger partial charge on any atom is -0.329 e. The summed E-state index contributed by atoms with van der Waals surface area (Å²) in [5, 5.41) is 4.25. The Morgan fingerprint density at radius 2 is 2.00 bits per heavy atom. The summed E-state index contributed by atoms with van der Waals surface area (Å²) in [6.07, 6.45) is 1.74. The van der Waals surface area contributed by atoms with E-state index < -0.39 is 0 Å². The summed E-state index contributed by atoms with van der Waals surface area (Å²) in [5.41, 5.74) is 7.02. The second-order valence-corrected chi connectivity index (χ2v) is 5.11. The van der Waals surface area contributed by atoms with Gasteiger partial charge in [-0.25, -0.2) is 0 Å². The molecule has 0 saturated carbocycles. The topological polar surface area (TPSA) is 38.0 Å². The van der Waals surface area contributed by atoms with Crippen molar-refractivity contribution in [2.75, 3.05) is 13.1 Å². The van der Waals surface area contributed by atoms with Crippen LogP contribution in [0.3, 0.4) is 0 Å². The third kappa shape index (κ3) is 5.10. The van der Waals surface area contributed by atoms with Crippen LogP contribution in [0, 0.1) is 11.8 Å². The molecular weight excluding hydrogens is 244 g/mol. The predicted molar refractivity (Wildman–Crippen MR) is 78.7 cm³/mol. The van der Waals surface area contributed by atoms with Gasteiger partial charge in [0.2, 0.25) is 0 Å². The van der Waals surface area contributed by atoms with E-state index in [1.807, 2.05) is 31.2 Å². The van der Waals surface area contributed by atoms with E-state index in [4.69, 9.17) is 17.3 Å². The van der Waals surface area contributed by atoms with Crippen molar-refractivity contribution in [2.45, 2.75) is 32.2 Å². The Kier molecular flexibility index (Phi) is 6.21. The lowest BCUT2D eigenvalue weighted by molar-refractivity contribution is 0.366. The third-order valence-electron chi connectivity index (χ3n) is 2.94. The molecule has 0 aliphatic carbocycles. The van der Waals surface area contributed by atoms with Gasteiger partial charge in [0, 0.05) is 30.1 Å². The second-order valence-electron chi connectivity index (χ2n) is 4.67. The van der Waals surface area contributed by atoms with E-state index in [9.17, 15) is 0 Å². The van der Waals surface area contributed by atoms with E-state index in [1.165, 1.54) is 5.56 Å². The molecule has 0 amide bonds. The molecule has 0 spiro atoms. The van der Waals surface area contributed by atoms with Gasteiger partial charge in [0.25, 0.3) is 0 Å². The molecule has 1 unspecified atom stereocenters. The van der Waals surface area contributed by atoms with Crippen molar-refractivity contribution in [1.82, 2.24) is 5.32 Å². The molecule has 98 valence electrons. The number of benzene rings is 1. The van der Waals surface area contributed by atoms with Crippen LogP contribution in [-0.2, 0) is 6.42 Å². The van der Waals surface area contributed by atoms with Gasteiger partial charge < -0.3 is 11.1 Å². The van der Waals surface area contributed by atoms with Crippen molar-refractivity contribution >= 4 is 11.6 Å². The van der Waals surface area contributed by atoms with Crippen LogP contribution in [0.25, 0.3) is 0 Å². The van der Waals surface area contributed by atoms with E-state index in [-0.39, 0.29) is 5.54 Å². The molecule has 18 heavy (non-hydrogen) atoms. The second kappa shape index (κ2) is 7.43. The highest BCUT2D eigenvalue weighted by atomic mass is 35.5. The van der Waals surface area contributed by atoms with Crippen molar-refractivity contribution in [1.29, 1.82) is 0 Å². The first-order valence-corrected chi connectivity index (χ1v) is 6.56. The van der Waals surface area contributed by atoms with Gasteiger partial charge in [-0.15, -0.1) is 11.8 Å². The van der Waals surface area contributed by atoms with E-state index in [0.29, 0.717) is 6.54 Å². The highest BCUT2D eigenvalue weighted by Crippen LogP contribution is 2.15. The molecule has 0 saturated heterocycles. The minimum atomic E-state index is -0.0940. The van der Waals surface area contributed by atoms with Gasteiger partial charge in [0.1, 0.15) is 0 Å². The van der Waals surface area contributed by atoms with Crippen molar-refractivity contribution in [3.05, 3.63) is 34.9 Å². The van der Waals surface area contributed by atoms with Crippen LogP contribution in [-0.4, -0.2) is 18.6 Å². The molecule has 1 atom stereocenters. The molecule has 0 aliphatic heterocycles. The molecule has 1 aromatic rings. The Morgan fingerprint density at radius 3 is 2.56 bits per heavy atom. The summed E-state index contributed by atoms with van der Waals surface area (Å²) >= 11 is 5.88. The number of hydrogen-bond acceptors (Lipinski definition) is 2. The Hall–Kier alpha value is -1.01. The average molecular weight is 265 g/mol. The highest BCUT2D eigenvalue weighted by Gasteiger charge is 2.21. The summed E-state index contributed by atoms with van der Waals surface area (Å²) in [5.74, 6) is 5.94. The van der Waals surface area contributed by atoms with Crippen LogP contribution in [0.15, 0.2) is 24.3 Å². The maximum Gasteiger partial charge on any atom is 0.0406 e. The van der Waals surface area contributed by atoms with Crippen LogP contribution >= 0.6 is 11.6 Å². The fraction of sp³-hybridized carbons (Fsp3) is 0.467. The molecule has 1 rings (SSSR count). The summed E-state index contributed by atoms with van der Waals surface area (Å²) in [7, 11) is 0. The lowest BCUT2D eigenvalue weighted by Crippen LogP contribution is -2.50. The van der Waals surface area contributed by atoms with E-state index >= 15 is 0 Å². The van der Waals surface area contributed by atoms with Gasteiger partial charge in [0.05, 0.1) is 0 Å². The number of hydrogen-bond donors (Lipinski definition) is 2. The Bertz CT molecular complexity index is 416. The molecule has 0 radical (unpaired) electrons. The zero-order chi connectivity index (χ0) is 13.4. The maximum atomic E-state index is 5.88. The van der Waals surface area contributed by atoms with Gasteiger partial charge in [-0.3, -0.25) is 0 Å². The molecule has 0 aromatic heterocycles. The number of halogens is 1. The van der Waals surface area contributed by atoms with Crippen molar-refractivity contribution in [3.63, 3.8) is 0 Å². The molecule has 0 heterocycles. The molecule has 0 bridgehead atoms. The molecule has 0 fully saturated rings. The molecule has 0 aliphatic rings. The Morgan fingerprint density at radius 1 is 1.33 bits per heavy atom. The summed E-state index contributed by atoms with van der Waals surface area (Å²) in [6, 6.07) is 7.92. The fourth-order valence-electron chi connectivity index (χ4n) is 1.81. The number of rotatable bonds is 6. The van der Waals surface area contributed by atoms with Crippen molar-refractivity contribution in [3.8, 4) is 11.8 Å². The molecule has 1 aromatic carbocycles. The Balaban J connectivity index is 2.57. The quantitative estimate of drug-likeness (QED) is 0.612. The fourth-order valence-corrected chi connectivity index (χ4v) is 1.94. The van der Waals surface area contributed by atoms with Gasteiger partial charge in [-0.2, -0.15) is 0 Å². The zero-order valence-electron chi connectivity index (χ0n) is 11.1. The van der Waals surface area contributed by atoms with Crippen LogP contribution in [0.4, 0.5) is 0 Å². The van der Waals surface area contributed by atoms with Gasteiger partial charge in [-0.05, 0) is 38.0 Å². The SMILES string of the molecule is CC#CCCNC(C)(CN)Cc1ccc(Cl)cc1. The normalized spacial score (nSPS) is 13.6. The monoisotopic (exact) mass is 264 g/mol. The predicted octanol–water partition coefficient (Wildman–Crippen LogP) is 2.60. The summed E-state index contributed by atoms with van der Waals surface area (Å²) in [6.45, 7) is 5.45. The molecule has 2 nitrogen and oxygen atoms in total. The van der Waals surface area contributed by atoms with Crippen molar-refractivity contribution < 1.29 is 0 Å². The first kappa shape index (κ1) is 15.0. The van der Waals surface area contributed by atoms with Gasteiger partial charge in [-0.1, -0.05) is 23.7 Å². The minimum absolute atomic E-state index is 0.0940. The first-order valence-electron chi connectivity index (χ1n) is 6.19. The summed E-state index contributed by atoms with van der Waals surface area (Å²) < 4.78 is 0. The van der Waals surface area contributed by atoms with Crippen LogP contribution < -0.4 is 11.1 Å². The van der Waals surface area contributed by atoms with E-state index in [0.717, 1.165) is 24.4 Å². The molecular formula is C15H21ClN2. The lowest BCUT2D eigenvalue weighted by atomic mass is 9.92. The van der Waals surface area contributed by atoms with E-state index in [2.05, 4.69) is 24.1 Å². The Labute approximate surface area is 115 Å². The largest absolute Gasteiger partial charge is 0.329 e. The average Bonchev–Trinajstić information content (AvgIpc) is 2.38. The standard InChI is InChI=1S/C15H21ClN2/c1-3-4-5-10-18-15(2,12-17)11-13-6-8-14(16)9-7-13/h6-9,18H,5,10-12,17H2,1-2H3. The van der Waals surface area contributed by atoms with Crippen LogP contribution in [0.2, 0.25) is 5.02 Å². The number of nitrogens with two attached hydrogens (primary N) is 1. The van der Waals surface area contributed by atoms with Gasteiger partial charge >= 0.3 is 0 Å². The lowest BCUT2D eigenvalue weighted by Gasteiger charge is -2.29. The van der Waals surface area contributed by atoms with Crippen LogP contribution in [0.1, 0.15) is 25.8 Å². The smallest absolute Gasteiger partial charge is 0.0406 e. The number of nitrogens with one attached hydrogen (secondary N) is 1. The zero-order valence-corrected chi connectivity index (χ0v) is 11.8. The third-order valence-corrected chi connectivity index (χ3v) is 3.19. The molecule has 3 N–H and O–H groups in total. The van der Waals surface area contributed by atoms with Crippen molar-refractivity contribution in [2.24, 2.45) is 5.73 Å². The highest BCUT2D eigenvalue weighted by molar-refractivity contribution is 6.30.